The van der Waals surface area contributed by atoms with Crippen molar-refractivity contribution < 1.29 is 14.7 Å². The molecule has 2 heterocycles. The van der Waals surface area contributed by atoms with Gasteiger partial charge in [0.1, 0.15) is 9.71 Å². The summed E-state index contributed by atoms with van der Waals surface area (Å²) in [6.45, 7) is 5.40. The molecule has 6 heteroatoms. The maximum absolute atomic E-state index is 11.2. The summed E-state index contributed by atoms with van der Waals surface area (Å²) >= 11 is 1.08. The van der Waals surface area contributed by atoms with Crippen molar-refractivity contribution in [2.75, 3.05) is 5.32 Å². The van der Waals surface area contributed by atoms with Crippen molar-refractivity contribution in [1.82, 2.24) is 4.98 Å². The number of carbonyl (C=O) groups is 2. The van der Waals surface area contributed by atoms with Crippen LogP contribution in [-0.4, -0.2) is 22.0 Å². The second kappa shape index (κ2) is 4.97. The molecular formula is C13H14N2O3S. The van der Waals surface area contributed by atoms with Crippen LogP contribution in [0.25, 0.3) is 10.2 Å². The summed E-state index contributed by atoms with van der Waals surface area (Å²) in [4.78, 5) is 27.6. The van der Waals surface area contributed by atoms with Crippen LogP contribution in [0.1, 0.15) is 42.1 Å². The van der Waals surface area contributed by atoms with Crippen molar-refractivity contribution >= 4 is 39.1 Å². The summed E-state index contributed by atoms with van der Waals surface area (Å²) in [7, 11) is 0. The number of amides is 1. The molecule has 5 nitrogen and oxygen atoms in total. The monoisotopic (exact) mass is 278 g/mol. The Morgan fingerprint density at radius 1 is 1.37 bits per heavy atom. The Kier molecular flexibility index (Phi) is 3.53. The maximum atomic E-state index is 11.2. The number of fused-ring (bicyclic) bond motifs is 1. The lowest BCUT2D eigenvalue weighted by Gasteiger charge is -2.04. The summed E-state index contributed by atoms with van der Waals surface area (Å²) in [5, 5.41) is 12.4. The van der Waals surface area contributed by atoms with Crippen molar-refractivity contribution in [3.63, 3.8) is 0 Å². The zero-order valence-corrected chi connectivity index (χ0v) is 11.7. The number of carbonyl (C=O) groups excluding carboxylic acids is 1. The Hall–Kier alpha value is -1.95. The van der Waals surface area contributed by atoms with E-state index in [4.69, 9.17) is 0 Å². The third kappa shape index (κ3) is 2.58. The van der Waals surface area contributed by atoms with Gasteiger partial charge in [-0.15, -0.1) is 11.3 Å². The molecule has 0 aromatic carbocycles. The first kappa shape index (κ1) is 13.5. The second-order valence-electron chi connectivity index (χ2n) is 4.54. The lowest BCUT2D eigenvalue weighted by atomic mass is 10.1. The molecule has 0 aliphatic carbocycles. The minimum absolute atomic E-state index is 0.110. The topological polar surface area (TPSA) is 79.3 Å². The Labute approximate surface area is 114 Å². The smallest absolute Gasteiger partial charge is 0.348 e. The molecule has 0 aliphatic rings. The highest BCUT2D eigenvalue weighted by Crippen LogP contribution is 2.35. The maximum Gasteiger partial charge on any atom is 0.348 e. The van der Waals surface area contributed by atoms with Crippen LogP contribution < -0.4 is 5.32 Å². The highest BCUT2D eigenvalue weighted by Gasteiger charge is 2.20. The Morgan fingerprint density at radius 3 is 2.58 bits per heavy atom. The van der Waals surface area contributed by atoms with Gasteiger partial charge in [-0.2, -0.15) is 0 Å². The largest absolute Gasteiger partial charge is 0.477 e. The molecule has 2 aromatic heterocycles. The van der Waals surface area contributed by atoms with Crippen LogP contribution in [0.3, 0.4) is 0 Å². The average molecular weight is 278 g/mol. The molecule has 0 fully saturated rings. The molecule has 2 rings (SSSR count). The van der Waals surface area contributed by atoms with E-state index in [0.29, 0.717) is 15.9 Å². The Balaban J connectivity index is 2.66. The van der Waals surface area contributed by atoms with Gasteiger partial charge < -0.3 is 10.4 Å². The van der Waals surface area contributed by atoms with E-state index in [-0.39, 0.29) is 16.7 Å². The number of carboxylic acid groups (broad SMARTS) is 1. The van der Waals surface area contributed by atoms with Gasteiger partial charge in [-0.05, 0) is 18.1 Å². The molecular weight excluding hydrogens is 264 g/mol. The predicted molar refractivity (Wildman–Crippen MR) is 75.0 cm³/mol. The number of aromatic nitrogens is 1. The Morgan fingerprint density at radius 2 is 2.05 bits per heavy atom. The van der Waals surface area contributed by atoms with E-state index >= 15 is 0 Å². The summed E-state index contributed by atoms with van der Waals surface area (Å²) in [5.74, 6) is -1.09. The van der Waals surface area contributed by atoms with E-state index in [1.807, 2.05) is 26.0 Å². The fourth-order valence-electron chi connectivity index (χ4n) is 1.77. The highest BCUT2D eigenvalue weighted by atomic mass is 32.1. The normalized spacial score (nSPS) is 10.9. The van der Waals surface area contributed by atoms with E-state index in [2.05, 4.69) is 10.3 Å². The van der Waals surface area contributed by atoms with Crippen molar-refractivity contribution in [3.8, 4) is 0 Å². The first-order valence-corrected chi connectivity index (χ1v) is 6.66. The van der Waals surface area contributed by atoms with Gasteiger partial charge in [-0.1, -0.05) is 13.8 Å². The van der Waals surface area contributed by atoms with Crippen LogP contribution in [0, 0.1) is 0 Å². The average Bonchev–Trinajstić information content (AvgIpc) is 2.66. The van der Waals surface area contributed by atoms with E-state index in [1.54, 1.807) is 0 Å². The molecule has 100 valence electrons. The number of pyridine rings is 1. The van der Waals surface area contributed by atoms with Crippen molar-refractivity contribution in [1.29, 1.82) is 0 Å². The molecule has 0 saturated carbocycles. The number of rotatable bonds is 3. The van der Waals surface area contributed by atoms with E-state index < -0.39 is 5.97 Å². The van der Waals surface area contributed by atoms with Crippen LogP contribution in [0.15, 0.2) is 12.1 Å². The number of nitrogens with zero attached hydrogens (tertiary/aromatic N) is 1. The van der Waals surface area contributed by atoms with Crippen molar-refractivity contribution in [2.45, 2.75) is 26.7 Å². The number of aromatic carboxylic acids is 1. The van der Waals surface area contributed by atoms with Gasteiger partial charge in [0.05, 0.1) is 5.69 Å². The highest BCUT2D eigenvalue weighted by molar-refractivity contribution is 7.21. The molecule has 2 N–H and O–H groups in total. The number of carboxylic acids is 1. The zero-order chi connectivity index (χ0) is 14.2. The van der Waals surface area contributed by atoms with Crippen LogP contribution in [0.4, 0.5) is 5.69 Å². The fraction of sp³-hybridized carbons (Fsp3) is 0.308. The molecule has 2 aromatic rings. The lowest BCUT2D eigenvalue weighted by Crippen LogP contribution is -2.08. The summed E-state index contributed by atoms with van der Waals surface area (Å²) in [5.41, 5.74) is 1.24. The molecule has 0 atom stereocenters. The minimum Gasteiger partial charge on any atom is -0.477 e. The van der Waals surface area contributed by atoms with Crippen LogP contribution in [-0.2, 0) is 4.79 Å². The van der Waals surface area contributed by atoms with Crippen LogP contribution >= 0.6 is 11.3 Å². The van der Waals surface area contributed by atoms with Gasteiger partial charge in [0.2, 0.25) is 5.91 Å². The molecule has 1 amide bonds. The fourth-order valence-corrected chi connectivity index (χ4v) is 2.74. The number of hydrogen-bond donors (Lipinski definition) is 2. The molecule has 0 saturated heterocycles. The van der Waals surface area contributed by atoms with Gasteiger partial charge in [0, 0.05) is 18.0 Å². The molecule has 0 unspecified atom stereocenters. The van der Waals surface area contributed by atoms with E-state index in [1.165, 1.54) is 6.92 Å². The SMILES string of the molecule is CC(=O)Nc1c(C(=O)O)sc2nc(C(C)C)ccc12. The molecule has 0 bridgehead atoms. The van der Waals surface area contributed by atoms with Gasteiger partial charge in [-0.3, -0.25) is 4.79 Å². The van der Waals surface area contributed by atoms with E-state index in [0.717, 1.165) is 17.0 Å². The number of nitrogens with one attached hydrogen (secondary N) is 1. The van der Waals surface area contributed by atoms with Gasteiger partial charge in [0.15, 0.2) is 0 Å². The minimum atomic E-state index is -1.06. The Bertz CT molecular complexity index is 661. The summed E-state index contributed by atoms with van der Waals surface area (Å²) in [6, 6.07) is 3.67. The summed E-state index contributed by atoms with van der Waals surface area (Å²) < 4.78 is 0. The lowest BCUT2D eigenvalue weighted by molar-refractivity contribution is -0.114. The molecule has 0 aliphatic heterocycles. The number of thiophene rings is 1. The second-order valence-corrected chi connectivity index (χ2v) is 5.54. The first-order chi connectivity index (χ1) is 8.90. The number of anilines is 1. The van der Waals surface area contributed by atoms with Crippen LogP contribution in [0.2, 0.25) is 0 Å². The third-order valence-electron chi connectivity index (χ3n) is 2.66. The van der Waals surface area contributed by atoms with Crippen molar-refractivity contribution in [3.05, 3.63) is 22.7 Å². The van der Waals surface area contributed by atoms with Gasteiger partial charge in [-0.25, -0.2) is 9.78 Å². The number of hydrogen-bond acceptors (Lipinski definition) is 4. The predicted octanol–water partition coefficient (Wildman–Crippen LogP) is 3.08. The standard InChI is InChI=1S/C13H14N2O3S/c1-6(2)9-5-4-8-10(14-7(3)16)11(13(17)18)19-12(8)15-9/h4-6H,1-3H3,(H,14,16)(H,17,18). The first-order valence-electron chi connectivity index (χ1n) is 5.84. The summed E-state index contributed by atoms with van der Waals surface area (Å²) in [6.07, 6.45) is 0. The van der Waals surface area contributed by atoms with Crippen molar-refractivity contribution in [2.24, 2.45) is 0 Å². The van der Waals surface area contributed by atoms with Crippen LogP contribution in [0.5, 0.6) is 0 Å². The molecule has 0 spiro atoms. The third-order valence-corrected chi connectivity index (χ3v) is 3.75. The van der Waals surface area contributed by atoms with E-state index in [9.17, 15) is 14.7 Å². The molecule has 0 radical (unpaired) electrons. The van der Waals surface area contributed by atoms with Gasteiger partial charge >= 0.3 is 5.97 Å². The zero-order valence-electron chi connectivity index (χ0n) is 10.9. The molecule has 19 heavy (non-hydrogen) atoms. The van der Waals surface area contributed by atoms with Gasteiger partial charge in [0.25, 0.3) is 0 Å². The quantitative estimate of drug-likeness (QED) is 0.904.